The lowest BCUT2D eigenvalue weighted by Crippen LogP contribution is -2.28. The quantitative estimate of drug-likeness (QED) is 0.882. The number of aliphatic carboxylic acids is 1. The molecule has 0 aliphatic heterocycles. The van der Waals surface area contributed by atoms with Crippen LogP contribution in [0.1, 0.15) is 12.0 Å². The third kappa shape index (κ3) is 2.67. The zero-order valence-electron chi connectivity index (χ0n) is 9.97. The standard InChI is InChI=1S/C13H14FNO3/c1-15(7-8-3-2-4-9(14)5-8)12(16)10-6-11(10)13(17)18/h2-5,10-11H,6-7H2,1H3,(H,17,18)/t10-,11+/m1/s1. The number of carbonyl (C=O) groups is 2. The van der Waals surface area contributed by atoms with Gasteiger partial charge in [-0.15, -0.1) is 0 Å². The summed E-state index contributed by atoms with van der Waals surface area (Å²) in [5.41, 5.74) is 0.693. The molecule has 96 valence electrons. The van der Waals surface area contributed by atoms with Crippen molar-refractivity contribution in [2.24, 2.45) is 11.8 Å². The molecule has 0 radical (unpaired) electrons. The fourth-order valence-corrected chi connectivity index (χ4v) is 2.01. The van der Waals surface area contributed by atoms with Gasteiger partial charge in [0.05, 0.1) is 11.8 Å². The van der Waals surface area contributed by atoms with Crippen LogP contribution in [0.2, 0.25) is 0 Å². The van der Waals surface area contributed by atoms with Gasteiger partial charge >= 0.3 is 5.97 Å². The van der Waals surface area contributed by atoms with E-state index in [1.54, 1.807) is 19.2 Å². The van der Waals surface area contributed by atoms with Gasteiger partial charge in [-0.2, -0.15) is 0 Å². The molecule has 2 rings (SSSR count). The highest BCUT2D eigenvalue weighted by molar-refractivity contribution is 5.89. The van der Waals surface area contributed by atoms with Crippen molar-refractivity contribution in [3.05, 3.63) is 35.6 Å². The molecule has 0 aromatic heterocycles. The minimum Gasteiger partial charge on any atom is -0.481 e. The summed E-state index contributed by atoms with van der Waals surface area (Å²) in [6.07, 6.45) is 0.404. The smallest absolute Gasteiger partial charge is 0.307 e. The van der Waals surface area contributed by atoms with Crippen LogP contribution in [0.25, 0.3) is 0 Å². The Balaban J connectivity index is 1.94. The second kappa shape index (κ2) is 4.76. The van der Waals surface area contributed by atoms with Gasteiger partial charge in [0, 0.05) is 13.6 Å². The Kier molecular flexibility index (Phi) is 3.32. The summed E-state index contributed by atoms with van der Waals surface area (Å²) in [6.45, 7) is 0.291. The van der Waals surface area contributed by atoms with Gasteiger partial charge in [0.15, 0.2) is 0 Å². The van der Waals surface area contributed by atoms with Gasteiger partial charge in [0.25, 0.3) is 0 Å². The Bertz CT molecular complexity index is 489. The fraction of sp³-hybridized carbons (Fsp3) is 0.385. The van der Waals surface area contributed by atoms with Gasteiger partial charge < -0.3 is 10.0 Å². The summed E-state index contributed by atoms with van der Waals surface area (Å²) < 4.78 is 13.0. The summed E-state index contributed by atoms with van der Waals surface area (Å²) in [4.78, 5) is 24.0. The van der Waals surface area contributed by atoms with E-state index in [0.717, 1.165) is 0 Å². The second-order valence-corrected chi connectivity index (χ2v) is 4.61. The van der Waals surface area contributed by atoms with E-state index in [2.05, 4.69) is 0 Å². The van der Waals surface area contributed by atoms with Gasteiger partial charge in [-0.1, -0.05) is 12.1 Å². The third-order valence-corrected chi connectivity index (χ3v) is 3.11. The predicted octanol–water partition coefficient (Wildman–Crippen LogP) is 1.50. The van der Waals surface area contributed by atoms with Crippen molar-refractivity contribution in [3.8, 4) is 0 Å². The fourth-order valence-electron chi connectivity index (χ4n) is 2.01. The number of carboxylic acid groups (broad SMARTS) is 1. The molecule has 0 bridgehead atoms. The number of carbonyl (C=O) groups excluding carboxylic acids is 1. The first-order chi connectivity index (χ1) is 8.49. The molecule has 4 nitrogen and oxygen atoms in total. The zero-order valence-corrected chi connectivity index (χ0v) is 9.97. The van der Waals surface area contributed by atoms with Crippen molar-refractivity contribution in [2.75, 3.05) is 7.05 Å². The Morgan fingerprint density at radius 2 is 2.17 bits per heavy atom. The van der Waals surface area contributed by atoms with Crippen molar-refractivity contribution in [1.82, 2.24) is 4.90 Å². The molecule has 1 aromatic carbocycles. The first-order valence-corrected chi connectivity index (χ1v) is 5.71. The molecular weight excluding hydrogens is 237 g/mol. The average Bonchev–Trinajstić information content (AvgIpc) is 3.07. The van der Waals surface area contributed by atoms with Crippen LogP contribution in [0.15, 0.2) is 24.3 Å². The van der Waals surface area contributed by atoms with Crippen LogP contribution < -0.4 is 0 Å². The first kappa shape index (κ1) is 12.5. The summed E-state index contributed by atoms with van der Waals surface area (Å²) in [7, 11) is 1.60. The van der Waals surface area contributed by atoms with Crippen LogP contribution in [0.3, 0.4) is 0 Å². The minimum absolute atomic E-state index is 0.188. The van der Waals surface area contributed by atoms with E-state index in [9.17, 15) is 14.0 Å². The molecule has 2 atom stereocenters. The van der Waals surface area contributed by atoms with Crippen LogP contribution in [0, 0.1) is 17.7 Å². The highest BCUT2D eigenvalue weighted by atomic mass is 19.1. The molecule has 0 heterocycles. The van der Waals surface area contributed by atoms with E-state index in [0.29, 0.717) is 18.5 Å². The highest BCUT2D eigenvalue weighted by Crippen LogP contribution is 2.40. The second-order valence-electron chi connectivity index (χ2n) is 4.61. The molecule has 1 aliphatic carbocycles. The number of halogens is 1. The SMILES string of the molecule is CN(Cc1cccc(F)c1)C(=O)[C@@H]1C[C@@H]1C(=O)O. The van der Waals surface area contributed by atoms with E-state index in [1.165, 1.54) is 17.0 Å². The van der Waals surface area contributed by atoms with Gasteiger partial charge in [0.1, 0.15) is 5.82 Å². The summed E-state index contributed by atoms with van der Waals surface area (Å²) in [5, 5.41) is 8.76. The van der Waals surface area contributed by atoms with E-state index in [-0.39, 0.29) is 11.7 Å². The monoisotopic (exact) mass is 251 g/mol. The van der Waals surface area contributed by atoms with Crippen LogP contribution in [0.5, 0.6) is 0 Å². The van der Waals surface area contributed by atoms with Crippen molar-refractivity contribution < 1.29 is 19.1 Å². The summed E-state index contributed by atoms with van der Waals surface area (Å²) >= 11 is 0. The van der Waals surface area contributed by atoms with E-state index < -0.39 is 17.8 Å². The summed E-state index contributed by atoms with van der Waals surface area (Å²) in [6, 6.07) is 6.02. The lowest BCUT2D eigenvalue weighted by molar-refractivity contribution is -0.141. The predicted molar refractivity (Wildman–Crippen MR) is 62.1 cm³/mol. The number of amides is 1. The molecule has 1 fully saturated rings. The number of benzene rings is 1. The highest BCUT2D eigenvalue weighted by Gasteiger charge is 2.49. The van der Waals surface area contributed by atoms with E-state index in [1.807, 2.05) is 0 Å². The first-order valence-electron chi connectivity index (χ1n) is 5.71. The van der Waals surface area contributed by atoms with Crippen molar-refractivity contribution in [3.63, 3.8) is 0 Å². The maximum Gasteiger partial charge on any atom is 0.307 e. The van der Waals surface area contributed by atoms with Crippen LogP contribution in [-0.4, -0.2) is 28.9 Å². The van der Waals surface area contributed by atoms with Crippen molar-refractivity contribution in [1.29, 1.82) is 0 Å². The third-order valence-electron chi connectivity index (χ3n) is 3.11. The molecule has 5 heteroatoms. The molecular formula is C13H14FNO3. The molecule has 1 saturated carbocycles. The van der Waals surface area contributed by atoms with Gasteiger partial charge in [-0.25, -0.2) is 4.39 Å². The maximum absolute atomic E-state index is 13.0. The Hall–Kier alpha value is -1.91. The van der Waals surface area contributed by atoms with Gasteiger partial charge in [0.2, 0.25) is 5.91 Å². The zero-order chi connectivity index (χ0) is 13.3. The maximum atomic E-state index is 13.0. The lowest BCUT2D eigenvalue weighted by atomic mass is 10.2. The Labute approximate surface area is 104 Å². The van der Waals surface area contributed by atoms with Crippen molar-refractivity contribution in [2.45, 2.75) is 13.0 Å². The van der Waals surface area contributed by atoms with Crippen molar-refractivity contribution >= 4 is 11.9 Å². The molecule has 1 amide bonds. The summed E-state index contributed by atoms with van der Waals surface area (Å²) in [5.74, 6) is -2.42. The van der Waals surface area contributed by atoms with Gasteiger partial charge in [-0.3, -0.25) is 9.59 Å². The largest absolute Gasteiger partial charge is 0.481 e. The molecule has 0 unspecified atom stereocenters. The van der Waals surface area contributed by atoms with Crippen LogP contribution in [0.4, 0.5) is 4.39 Å². The lowest BCUT2D eigenvalue weighted by Gasteiger charge is -2.17. The van der Waals surface area contributed by atoms with E-state index >= 15 is 0 Å². The number of rotatable bonds is 4. The van der Waals surface area contributed by atoms with Crippen LogP contribution >= 0.6 is 0 Å². The molecule has 0 spiro atoms. The topological polar surface area (TPSA) is 57.6 Å². The number of hydrogen-bond acceptors (Lipinski definition) is 2. The Morgan fingerprint density at radius 1 is 1.44 bits per heavy atom. The normalized spacial score (nSPS) is 21.4. The molecule has 0 saturated heterocycles. The van der Waals surface area contributed by atoms with Gasteiger partial charge in [-0.05, 0) is 24.1 Å². The minimum atomic E-state index is -0.924. The van der Waals surface area contributed by atoms with E-state index in [4.69, 9.17) is 5.11 Å². The Morgan fingerprint density at radius 3 is 2.72 bits per heavy atom. The average molecular weight is 251 g/mol. The number of carboxylic acids is 1. The molecule has 18 heavy (non-hydrogen) atoms. The molecule has 1 N–H and O–H groups in total. The number of hydrogen-bond donors (Lipinski definition) is 1. The number of nitrogens with zero attached hydrogens (tertiary/aromatic N) is 1. The van der Waals surface area contributed by atoms with Crippen LogP contribution in [-0.2, 0) is 16.1 Å². The molecule has 1 aromatic rings. The molecule has 1 aliphatic rings.